The lowest BCUT2D eigenvalue weighted by Crippen LogP contribution is -2.18. The summed E-state index contributed by atoms with van der Waals surface area (Å²) >= 11 is 0. The fourth-order valence-electron chi connectivity index (χ4n) is 0.0722. The fourth-order valence-corrected chi connectivity index (χ4v) is 0.0722. The lowest BCUT2D eigenvalue weighted by atomic mass is 10.4. The summed E-state index contributed by atoms with van der Waals surface area (Å²) in [4.78, 5) is 0. The molecular formula is C3H8N2O. The minimum Gasteiger partial charge on any atom is -0.390 e. The molecule has 0 amide bonds. The van der Waals surface area contributed by atoms with Crippen molar-refractivity contribution in [1.82, 2.24) is 11.5 Å². The van der Waals surface area contributed by atoms with Gasteiger partial charge in [-0.25, -0.2) is 0 Å². The highest BCUT2D eigenvalue weighted by molar-refractivity contribution is 4.51. The normalized spacial score (nSPS) is 10.0. The van der Waals surface area contributed by atoms with Crippen LogP contribution in [0, 0.1) is 0 Å². The number of nitrogens with one attached hydrogen (secondary N) is 2. The Bertz CT molecular complexity index is 28.0. The molecule has 0 saturated heterocycles. The fraction of sp³-hybridized carbons (Fsp3) is 1.00. The maximum Gasteiger partial charge on any atom is 0.0816 e. The Kier molecular flexibility index (Phi) is 3.02. The van der Waals surface area contributed by atoms with Gasteiger partial charge in [0.05, 0.1) is 6.10 Å². The second-order valence-electron chi connectivity index (χ2n) is 1.06. The van der Waals surface area contributed by atoms with Crippen LogP contribution in [-0.2, 0) is 0 Å². The molecular weight excluding hydrogens is 80.0 g/mol. The third-order valence-electron chi connectivity index (χ3n) is 0.471. The van der Waals surface area contributed by atoms with Gasteiger partial charge in [-0.1, -0.05) is 0 Å². The first-order valence-corrected chi connectivity index (χ1v) is 1.78. The highest BCUT2D eigenvalue weighted by Crippen LogP contribution is 1.69. The van der Waals surface area contributed by atoms with Crippen LogP contribution in [0.2, 0.25) is 0 Å². The SMILES string of the molecule is [NH]CC(O)C[NH]. The maximum atomic E-state index is 8.29. The van der Waals surface area contributed by atoms with E-state index in [-0.39, 0.29) is 13.1 Å². The van der Waals surface area contributed by atoms with Crippen molar-refractivity contribution < 1.29 is 5.11 Å². The van der Waals surface area contributed by atoms with Gasteiger partial charge in [-0.2, -0.15) is 0 Å². The smallest absolute Gasteiger partial charge is 0.0816 e. The molecule has 0 aromatic carbocycles. The van der Waals surface area contributed by atoms with E-state index in [2.05, 4.69) is 0 Å². The van der Waals surface area contributed by atoms with Crippen molar-refractivity contribution in [3.05, 3.63) is 0 Å². The number of aliphatic hydroxyl groups excluding tert-OH is 1. The van der Waals surface area contributed by atoms with Gasteiger partial charge in [-0.05, 0) is 0 Å². The highest BCUT2D eigenvalue weighted by Gasteiger charge is 1.92. The molecule has 0 aromatic rings. The molecule has 0 atom stereocenters. The largest absolute Gasteiger partial charge is 0.390 e. The monoisotopic (exact) mass is 88.1 g/mol. The zero-order valence-electron chi connectivity index (χ0n) is 3.44. The summed E-state index contributed by atoms with van der Waals surface area (Å²) in [5, 5.41) is 8.29. The zero-order chi connectivity index (χ0) is 4.99. The van der Waals surface area contributed by atoms with Gasteiger partial charge in [0.1, 0.15) is 0 Å². The number of aliphatic hydroxyl groups is 1. The molecule has 3 heteroatoms. The van der Waals surface area contributed by atoms with Crippen molar-refractivity contribution in [2.75, 3.05) is 13.1 Å². The van der Waals surface area contributed by atoms with Gasteiger partial charge >= 0.3 is 0 Å². The summed E-state index contributed by atoms with van der Waals surface area (Å²) in [6, 6.07) is 0. The van der Waals surface area contributed by atoms with Crippen molar-refractivity contribution >= 4 is 0 Å². The molecule has 0 bridgehead atoms. The van der Waals surface area contributed by atoms with Gasteiger partial charge in [-0.3, -0.25) is 11.5 Å². The van der Waals surface area contributed by atoms with Gasteiger partial charge < -0.3 is 5.11 Å². The molecule has 0 spiro atoms. The van der Waals surface area contributed by atoms with E-state index in [0.717, 1.165) is 0 Å². The highest BCUT2D eigenvalue weighted by atomic mass is 16.3. The molecule has 3 N–H and O–H groups in total. The van der Waals surface area contributed by atoms with E-state index < -0.39 is 6.10 Å². The van der Waals surface area contributed by atoms with E-state index in [9.17, 15) is 0 Å². The average Bonchev–Trinajstić information content (AvgIpc) is 1.65. The van der Waals surface area contributed by atoms with Crippen molar-refractivity contribution in [1.29, 1.82) is 0 Å². The van der Waals surface area contributed by atoms with E-state index in [0.29, 0.717) is 0 Å². The molecule has 2 radical (unpaired) electrons. The first kappa shape index (κ1) is 5.88. The van der Waals surface area contributed by atoms with Crippen molar-refractivity contribution in [3.63, 3.8) is 0 Å². The third-order valence-corrected chi connectivity index (χ3v) is 0.471. The predicted octanol–water partition coefficient (Wildman–Crippen LogP) is -1.09. The minimum absolute atomic E-state index is 0.0521. The Morgan fingerprint density at radius 1 is 1.33 bits per heavy atom. The van der Waals surface area contributed by atoms with Crippen molar-refractivity contribution in [2.24, 2.45) is 0 Å². The first-order chi connectivity index (χ1) is 2.81. The van der Waals surface area contributed by atoms with Gasteiger partial charge in [0.15, 0.2) is 0 Å². The van der Waals surface area contributed by atoms with Gasteiger partial charge in [0.2, 0.25) is 0 Å². The standard InChI is InChI=1S/C3H8N2O/c4-1-3(6)2-5/h3-6H,1-2H2. The number of hydrogen-bond acceptors (Lipinski definition) is 1. The van der Waals surface area contributed by atoms with Gasteiger partial charge in [0.25, 0.3) is 0 Å². The first-order valence-electron chi connectivity index (χ1n) is 1.78. The Morgan fingerprint density at radius 2 is 1.67 bits per heavy atom. The second kappa shape index (κ2) is 3.08. The van der Waals surface area contributed by atoms with Crippen molar-refractivity contribution in [2.45, 2.75) is 6.10 Å². The topological polar surface area (TPSA) is 67.8 Å². The Balaban J connectivity index is 2.75. The quantitative estimate of drug-likeness (QED) is 0.458. The number of rotatable bonds is 2. The Morgan fingerprint density at radius 3 is 1.67 bits per heavy atom. The maximum absolute atomic E-state index is 8.29. The molecule has 0 saturated carbocycles. The molecule has 0 unspecified atom stereocenters. The molecule has 0 aliphatic rings. The van der Waals surface area contributed by atoms with Crippen LogP contribution in [0.5, 0.6) is 0 Å². The van der Waals surface area contributed by atoms with E-state index >= 15 is 0 Å². The van der Waals surface area contributed by atoms with E-state index in [1.54, 1.807) is 0 Å². The molecule has 0 heterocycles. The van der Waals surface area contributed by atoms with Crippen LogP contribution >= 0.6 is 0 Å². The van der Waals surface area contributed by atoms with Crippen LogP contribution in [-0.4, -0.2) is 24.3 Å². The van der Waals surface area contributed by atoms with Crippen LogP contribution in [0.4, 0.5) is 0 Å². The Hall–Kier alpha value is -0.120. The molecule has 0 aromatic heterocycles. The molecule has 0 aliphatic heterocycles. The van der Waals surface area contributed by atoms with Crippen LogP contribution in [0.3, 0.4) is 0 Å². The molecule has 0 fully saturated rings. The summed E-state index contributed by atoms with van der Waals surface area (Å²) < 4.78 is 0. The molecule has 0 rings (SSSR count). The second-order valence-corrected chi connectivity index (χ2v) is 1.06. The molecule has 6 heavy (non-hydrogen) atoms. The third kappa shape index (κ3) is 2.14. The van der Waals surface area contributed by atoms with E-state index in [1.165, 1.54) is 0 Å². The van der Waals surface area contributed by atoms with Gasteiger partial charge in [-0.15, -0.1) is 0 Å². The van der Waals surface area contributed by atoms with Crippen LogP contribution in [0.25, 0.3) is 0 Å². The van der Waals surface area contributed by atoms with Crippen LogP contribution < -0.4 is 11.5 Å². The predicted molar refractivity (Wildman–Crippen MR) is 21.9 cm³/mol. The molecule has 36 valence electrons. The lowest BCUT2D eigenvalue weighted by molar-refractivity contribution is 0.187. The van der Waals surface area contributed by atoms with Gasteiger partial charge in [0, 0.05) is 13.1 Å². The summed E-state index contributed by atoms with van der Waals surface area (Å²) in [5.41, 5.74) is 12.9. The van der Waals surface area contributed by atoms with E-state index in [4.69, 9.17) is 16.6 Å². The molecule has 3 nitrogen and oxygen atoms in total. The van der Waals surface area contributed by atoms with Crippen LogP contribution in [0.15, 0.2) is 0 Å². The van der Waals surface area contributed by atoms with Crippen LogP contribution in [0.1, 0.15) is 0 Å². The van der Waals surface area contributed by atoms with Crippen molar-refractivity contribution in [3.8, 4) is 0 Å². The zero-order valence-corrected chi connectivity index (χ0v) is 3.44. The summed E-state index contributed by atoms with van der Waals surface area (Å²) in [6.45, 7) is -0.104. The summed E-state index contributed by atoms with van der Waals surface area (Å²) in [5.74, 6) is 0. The molecule has 0 aliphatic carbocycles. The van der Waals surface area contributed by atoms with E-state index in [1.807, 2.05) is 0 Å². The summed E-state index contributed by atoms with van der Waals surface area (Å²) in [6.07, 6.45) is -0.731. The summed E-state index contributed by atoms with van der Waals surface area (Å²) in [7, 11) is 0. The lowest BCUT2D eigenvalue weighted by Gasteiger charge is -1.96. The minimum atomic E-state index is -0.731. The number of hydrogen-bond donors (Lipinski definition) is 1. The average molecular weight is 88.1 g/mol. The Labute approximate surface area is 36.9 Å².